The average molecular weight is 301 g/mol. The number of fused-ring (bicyclic) bond motifs is 1. The van der Waals surface area contributed by atoms with Gasteiger partial charge in [-0.3, -0.25) is 0 Å². The van der Waals surface area contributed by atoms with Crippen molar-refractivity contribution in [2.75, 3.05) is 32.1 Å². The Hall–Kier alpha value is -0.990. The Kier molecular flexibility index (Phi) is 3.55. The second-order valence-corrected chi connectivity index (χ2v) is 7.72. The number of hydrogen-bond donors (Lipinski definition) is 0. The highest BCUT2D eigenvalue weighted by Gasteiger charge is 2.46. The topological polar surface area (TPSA) is 85.5 Å². The van der Waals surface area contributed by atoms with E-state index in [0.29, 0.717) is 38.0 Å². The summed E-state index contributed by atoms with van der Waals surface area (Å²) in [7, 11) is -3.15. The van der Waals surface area contributed by atoms with E-state index in [-0.39, 0.29) is 23.5 Å². The van der Waals surface area contributed by atoms with Crippen LogP contribution in [0.4, 0.5) is 0 Å². The molecule has 3 atom stereocenters. The molecule has 20 heavy (non-hydrogen) atoms. The molecule has 2 saturated heterocycles. The lowest BCUT2D eigenvalue weighted by atomic mass is 9.83. The third-order valence-corrected chi connectivity index (χ3v) is 6.04. The summed E-state index contributed by atoms with van der Waals surface area (Å²) >= 11 is 0. The molecule has 3 heterocycles. The SMILES string of the molecule is CCS(=O)(=O)N1C[C@@H]2COC[C@H](c3nc(C)no3)[C@@H]2C1. The molecule has 8 heteroatoms. The molecule has 0 N–H and O–H groups in total. The first-order valence-electron chi connectivity index (χ1n) is 6.87. The van der Waals surface area contributed by atoms with Crippen molar-refractivity contribution in [1.82, 2.24) is 14.4 Å². The maximum absolute atomic E-state index is 12.0. The van der Waals surface area contributed by atoms with Crippen LogP contribution >= 0.6 is 0 Å². The van der Waals surface area contributed by atoms with Crippen molar-refractivity contribution < 1.29 is 17.7 Å². The molecule has 0 spiro atoms. The molecule has 2 aliphatic rings. The first-order chi connectivity index (χ1) is 9.51. The number of ether oxygens (including phenoxy) is 1. The van der Waals surface area contributed by atoms with Gasteiger partial charge in [-0.1, -0.05) is 5.16 Å². The third-order valence-electron chi connectivity index (χ3n) is 4.22. The van der Waals surface area contributed by atoms with Crippen LogP contribution in [0.3, 0.4) is 0 Å². The zero-order chi connectivity index (χ0) is 14.3. The van der Waals surface area contributed by atoms with Gasteiger partial charge < -0.3 is 9.26 Å². The first-order valence-corrected chi connectivity index (χ1v) is 8.48. The monoisotopic (exact) mass is 301 g/mol. The van der Waals surface area contributed by atoms with E-state index in [4.69, 9.17) is 9.26 Å². The third kappa shape index (κ3) is 2.36. The Labute approximate surface area is 118 Å². The van der Waals surface area contributed by atoms with Gasteiger partial charge in [-0.2, -0.15) is 4.98 Å². The molecule has 0 bridgehead atoms. The standard InChI is InChI=1S/C12H19N3O4S/c1-3-20(16,17)15-4-9-6-18-7-11(10(9)5-15)12-13-8(2)14-19-12/h9-11H,3-7H2,1-2H3/t9-,10-,11+/m1/s1. The van der Waals surface area contributed by atoms with Crippen LogP contribution in [-0.2, 0) is 14.8 Å². The molecule has 0 radical (unpaired) electrons. The van der Waals surface area contributed by atoms with Gasteiger partial charge >= 0.3 is 0 Å². The molecule has 112 valence electrons. The van der Waals surface area contributed by atoms with Gasteiger partial charge in [0.1, 0.15) is 0 Å². The number of nitrogens with zero attached hydrogens (tertiary/aromatic N) is 3. The van der Waals surface area contributed by atoms with Crippen LogP contribution in [0, 0.1) is 18.8 Å². The van der Waals surface area contributed by atoms with Crippen molar-refractivity contribution in [1.29, 1.82) is 0 Å². The Morgan fingerprint density at radius 2 is 2.15 bits per heavy atom. The summed E-state index contributed by atoms with van der Waals surface area (Å²) in [4.78, 5) is 4.28. The molecular formula is C12H19N3O4S. The molecule has 2 fully saturated rings. The van der Waals surface area contributed by atoms with Gasteiger partial charge in [0.2, 0.25) is 15.9 Å². The lowest BCUT2D eigenvalue weighted by Crippen LogP contribution is -2.33. The molecule has 7 nitrogen and oxygen atoms in total. The highest BCUT2D eigenvalue weighted by atomic mass is 32.2. The average Bonchev–Trinajstić information content (AvgIpc) is 3.04. The molecule has 2 aliphatic heterocycles. The van der Waals surface area contributed by atoms with Crippen molar-refractivity contribution in [2.45, 2.75) is 19.8 Å². The Morgan fingerprint density at radius 3 is 2.80 bits per heavy atom. The van der Waals surface area contributed by atoms with Crippen LogP contribution < -0.4 is 0 Å². The fourth-order valence-corrected chi connectivity index (χ4v) is 4.27. The maximum Gasteiger partial charge on any atom is 0.232 e. The Balaban J connectivity index is 1.83. The van der Waals surface area contributed by atoms with Gasteiger partial charge in [-0.15, -0.1) is 0 Å². The quantitative estimate of drug-likeness (QED) is 0.803. The number of hydrogen-bond acceptors (Lipinski definition) is 6. The molecule has 1 aromatic rings. The van der Waals surface area contributed by atoms with E-state index in [0.717, 1.165) is 0 Å². The van der Waals surface area contributed by atoms with Crippen LogP contribution in [0.1, 0.15) is 24.6 Å². The molecule has 0 saturated carbocycles. The smallest absolute Gasteiger partial charge is 0.232 e. The zero-order valence-corrected chi connectivity index (χ0v) is 12.5. The fourth-order valence-electron chi connectivity index (χ4n) is 3.09. The largest absolute Gasteiger partial charge is 0.380 e. The summed E-state index contributed by atoms with van der Waals surface area (Å²) in [6, 6.07) is 0. The van der Waals surface area contributed by atoms with Gasteiger partial charge in [-0.25, -0.2) is 12.7 Å². The minimum absolute atomic E-state index is 0.00740. The molecule has 1 aromatic heterocycles. The minimum Gasteiger partial charge on any atom is -0.380 e. The Bertz CT molecular complexity index is 585. The second kappa shape index (κ2) is 5.09. The highest BCUT2D eigenvalue weighted by molar-refractivity contribution is 7.89. The van der Waals surface area contributed by atoms with E-state index in [9.17, 15) is 8.42 Å². The maximum atomic E-state index is 12.0. The van der Waals surface area contributed by atoms with E-state index < -0.39 is 10.0 Å². The van der Waals surface area contributed by atoms with Gasteiger partial charge in [0, 0.05) is 19.0 Å². The predicted molar refractivity (Wildman–Crippen MR) is 70.6 cm³/mol. The van der Waals surface area contributed by atoms with Gasteiger partial charge in [0.15, 0.2) is 5.82 Å². The molecule has 0 aliphatic carbocycles. The van der Waals surface area contributed by atoms with Crippen LogP contribution in [0.15, 0.2) is 4.52 Å². The molecule has 0 unspecified atom stereocenters. The fraction of sp³-hybridized carbons (Fsp3) is 0.833. The van der Waals surface area contributed by atoms with Crippen LogP contribution in [0.25, 0.3) is 0 Å². The van der Waals surface area contributed by atoms with Crippen molar-refractivity contribution in [3.05, 3.63) is 11.7 Å². The highest BCUT2D eigenvalue weighted by Crippen LogP contribution is 2.39. The van der Waals surface area contributed by atoms with E-state index in [1.807, 2.05) is 0 Å². The normalized spacial score (nSPS) is 31.4. The van der Waals surface area contributed by atoms with Gasteiger partial charge in [0.05, 0.1) is 24.9 Å². The van der Waals surface area contributed by atoms with Gasteiger partial charge in [0.25, 0.3) is 0 Å². The summed E-state index contributed by atoms with van der Waals surface area (Å²) in [6.45, 7) is 5.62. The lowest BCUT2D eigenvalue weighted by molar-refractivity contribution is 0.00994. The summed E-state index contributed by atoms with van der Waals surface area (Å²) in [5.74, 6) is 1.70. The number of sulfonamides is 1. The van der Waals surface area contributed by atoms with Crippen molar-refractivity contribution >= 4 is 10.0 Å². The number of rotatable bonds is 3. The second-order valence-electron chi connectivity index (χ2n) is 5.47. The first kappa shape index (κ1) is 14.0. The van der Waals surface area contributed by atoms with E-state index in [1.165, 1.54) is 0 Å². The molecular weight excluding hydrogens is 282 g/mol. The molecule has 0 aromatic carbocycles. The van der Waals surface area contributed by atoms with Crippen molar-refractivity contribution in [3.63, 3.8) is 0 Å². The predicted octanol–water partition coefficient (Wildman–Crippen LogP) is 0.390. The number of aryl methyl sites for hydroxylation is 1. The zero-order valence-electron chi connectivity index (χ0n) is 11.7. The number of aromatic nitrogens is 2. The van der Waals surface area contributed by atoms with E-state index in [2.05, 4.69) is 10.1 Å². The van der Waals surface area contributed by atoms with E-state index >= 15 is 0 Å². The van der Waals surface area contributed by atoms with E-state index in [1.54, 1.807) is 18.2 Å². The summed E-state index contributed by atoms with van der Waals surface area (Å²) < 4.78 is 36.5. The van der Waals surface area contributed by atoms with Crippen LogP contribution in [-0.4, -0.2) is 54.9 Å². The van der Waals surface area contributed by atoms with Crippen molar-refractivity contribution in [2.24, 2.45) is 11.8 Å². The Morgan fingerprint density at radius 1 is 1.35 bits per heavy atom. The van der Waals surface area contributed by atoms with Crippen LogP contribution in [0.5, 0.6) is 0 Å². The summed E-state index contributed by atoms with van der Waals surface area (Å²) in [5, 5.41) is 3.82. The summed E-state index contributed by atoms with van der Waals surface area (Å²) in [5.41, 5.74) is 0. The molecule has 0 amide bonds. The minimum atomic E-state index is -3.15. The van der Waals surface area contributed by atoms with Crippen molar-refractivity contribution in [3.8, 4) is 0 Å². The molecule has 3 rings (SSSR count). The van der Waals surface area contributed by atoms with Gasteiger partial charge in [-0.05, 0) is 19.8 Å². The summed E-state index contributed by atoms with van der Waals surface area (Å²) in [6.07, 6.45) is 0. The van der Waals surface area contributed by atoms with Crippen LogP contribution in [0.2, 0.25) is 0 Å². The lowest BCUT2D eigenvalue weighted by Gasteiger charge is -2.30.